The number of carbonyl (C=O) groups is 1. The molecule has 1 spiro atoms. The third-order valence-corrected chi connectivity index (χ3v) is 5.76. The van der Waals surface area contributed by atoms with E-state index in [1.807, 2.05) is 29.6 Å². The van der Waals surface area contributed by atoms with Crippen LogP contribution in [0, 0.1) is 11.3 Å². The minimum Gasteiger partial charge on any atom is -0.326 e. The van der Waals surface area contributed by atoms with Crippen LogP contribution in [-0.4, -0.2) is 24.0 Å². The topological polar surface area (TPSA) is 54.0 Å². The van der Waals surface area contributed by atoms with E-state index in [0.29, 0.717) is 0 Å². The van der Waals surface area contributed by atoms with E-state index in [4.69, 9.17) is 0 Å². The number of thiazole rings is 1. The third-order valence-electron chi connectivity index (χ3n) is 4.94. The standard InChI is InChI=1S/C17H19N3OS.ClH/c21-15(14-11-17(14)5-7-18-8-6-17)20-13-3-1-12(2-4-13)16-19-9-10-22-16;/h1-4,9-10,14,18H,5-8,11H2,(H,20,21);1H. The van der Waals surface area contributed by atoms with Gasteiger partial charge in [0.25, 0.3) is 0 Å². The molecule has 1 saturated carbocycles. The monoisotopic (exact) mass is 349 g/mol. The summed E-state index contributed by atoms with van der Waals surface area (Å²) < 4.78 is 0. The number of hydrogen-bond acceptors (Lipinski definition) is 4. The summed E-state index contributed by atoms with van der Waals surface area (Å²) in [6, 6.07) is 7.96. The van der Waals surface area contributed by atoms with Gasteiger partial charge in [0.15, 0.2) is 0 Å². The number of aromatic nitrogens is 1. The molecule has 2 fully saturated rings. The highest BCUT2D eigenvalue weighted by atomic mass is 35.5. The van der Waals surface area contributed by atoms with Crippen LogP contribution in [0.15, 0.2) is 35.8 Å². The SMILES string of the molecule is Cl.O=C(Nc1ccc(-c2nccs2)cc1)C1CC12CCNCC2. The molecule has 2 aromatic rings. The van der Waals surface area contributed by atoms with Gasteiger partial charge in [0, 0.05) is 28.7 Å². The van der Waals surface area contributed by atoms with Crippen molar-refractivity contribution in [1.82, 2.24) is 10.3 Å². The van der Waals surface area contributed by atoms with E-state index in [-0.39, 0.29) is 29.6 Å². The van der Waals surface area contributed by atoms with Gasteiger partial charge >= 0.3 is 0 Å². The van der Waals surface area contributed by atoms with Gasteiger partial charge in [-0.15, -0.1) is 23.7 Å². The highest BCUT2D eigenvalue weighted by Crippen LogP contribution is 2.58. The molecule has 1 unspecified atom stereocenters. The first-order valence-electron chi connectivity index (χ1n) is 7.78. The Labute approximate surface area is 146 Å². The summed E-state index contributed by atoms with van der Waals surface area (Å²) in [4.78, 5) is 16.7. The van der Waals surface area contributed by atoms with Crippen LogP contribution >= 0.6 is 23.7 Å². The number of carbonyl (C=O) groups excluding carboxylic acids is 1. The third kappa shape index (κ3) is 3.27. The van der Waals surface area contributed by atoms with Gasteiger partial charge in [-0.25, -0.2) is 4.98 Å². The average Bonchev–Trinajstić information content (AvgIpc) is 3.00. The Hall–Kier alpha value is -1.43. The summed E-state index contributed by atoms with van der Waals surface area (Å²) in [7, 11) is 0. The number of nitrogens with one attached hydrogen (secondary N) is 2. The maximum atomic E-state index is 12.4. The molecule has 1 aliphatic carbocycles. The predicted octanol–water partition coefficient (Wildman–Crippen LogP) is 3.56. The minimum atomic E-state index is 0. The lowest BCUT2D eigenvalue weighted by atomic mass is 9.92. The van der Waals surface area contributed by atoms with E-state index < -0.39 is 0 Å². The van der Waals surface area contributed by atoms with Crippen LogP contribution in [0.3, 0.4) is 0 Å². The van der Waals surface area contributed by atoms with Crippen molar-refractivity contribution >= 4 is 35.3 Å². The fourth-order valence-electron chi connectivity index (χ4n) is 3.49. The second-order valence-corrected chi connectivity index (χ2v) is 7.17. The van der Waals surface area contributed by atoms with Crippen LogP contribution in [0.1, 0.15) is 19.3 Å². The van der Waals surface area contributed by atoms with Crippen LogP contribution < -0.4 is 10.6 Å². The van der Waals surface area contributed by atoms with Gasteiger partial charge in [-0.1, -0.05) is 0 Å². The molecule has 0 bridgehead atoms. The maximum Gasteiger partial charge on any atom is 0.228 e. The van der Waals surface area contributed by atoms with Gasteiger partial charge in [-0.3, -0.25) is 4.79 Å². The van der Waals surface area contributed by atoms with Crippen LogP contribution in [0.4, 0.5) is 5.69 Å². The fourth-order valence-corrected chi connectivity index (χ4v) is 4.13. The van der Waals surface area contributed by atoms with Crippen molar-refractivity contribution in [2.24, 2.45) is 11.3 Å². The molecule has 1 aromatic heterocycles. The second-order valence-electron chi connectivity index (χ2n) is 6.27. The zero-order valence-electron chi connectivity index (χ0n) is 12.7. The van der Waals surface area contributed by atoms with Crippen LogP contribution in [0.25, 0.3) is 10.6 Å². The fraction of sp³-hybridized carbons (Fsp3) is 0.412. The number of amides is 1. The van der Waals surface area contributed by atoms with Crippen LogP contribution in [0.2, 0.25) is 0 Å². The second kappa shape index (κ2) is 6.59. The molecule has 23 heavy (non-hydrogen) atoms. The number of hydrogen-bond donors (Lipinski definition) is 2. The molecule has 1 aromatic carbocycles. The van der Waals surface area contributed by atoms with Crippen molar-refractivity contribution in [2.45, 2.75) is 19.3 Å². The normalized spacial score (nSPS) is 21.5. The van der Waals surface area contributed by atoms with Gasteiger partial charge in [0.2, 0.25) is 5.91 Å². The smallest absolute Gasteiger partial charge is 0.228 e. The molecule has 1 amide bonds. The van der Waals surface area contributed by atoms with Gasteiger partial charge in [0.1, 0.15) is 5.01 Å². The number of halogens is 1. The van der Waals surface area contributed by atoms with E-state index in [9.17, 15) is 4.79 Å². The Balaban J connectivity index is 0.00000156. The Morgan fingerprint density at radius 2 is 2.00 bits per heavy atom. The van der Waals surface area contributed by atoms with Crippen molar-refractivity contribution in [1.29, 1.82) is 0 Å². The van der Waals surface area contributed by atoms with E-state index in [1.165, 1.54) is 0 Å². The zero-order chi connectivity index (χ0) is 15.0. The van der Waals surface area contributed by atoms with Gasteiger partial charge in [0.05, 0.1) is 0 Å². The summed E-state index contributed by atoms with van der Waals surface area (Å²) in [5.74, 6) is 0.386. The molecule has 1 atom stereocenters. The van der Waals surface area contributed by atoms with Crippen molar-refractivity contribution in [3.05, 3.63) is 35.8 Å². The molecule has 122 valence electrons. The molecule has 6 heteroatoms. The lowest BCUT2D eigenvalue weighted by Gasteiger charge is -2.23. The Bertz CT molecular complexity index is 666. The quantitative estimate of drug-likeness (QED) is 0.890. The molecule has 2 N–H and O–H groups in total. The van der Waals surface area contributed by atoms with Crippen LogP contribution in [-0.2, 0) is 4.79 Å². The molecular formula is C17H20ClN3OS. The van der Waals surface area contributed by atoms with Crippen molar-refractivity contribution in [3.8, 4) is 10.6 Å². The molecule has 4 rings (SSSR count). The first-order valence-corrected chi connectivity index (χ1v) is 8.66. The molecule has 1 aliphatic heterocycles. The van der Waals surface area contributed by atoms with Crippen molar-refractivity contribution < 1.29 is 4.79 Å². The largest absolute Gasteiger partial charge is 0.326 e. The van der Waals surface area contributed by atoms with Gasteiger partial charge in [-0.2, -0.15) is 0 Å². The Morgan fingerprint density at radius 3 is 2.65 bits per heavy atom. The van der Waals surface area contributed by atoms with Gasteiger partial charge < -0.3 is 10.6 Å². The molecule has 1 saturated heterocycles. The van der Waals surface area contributed by atoms with E-state index in [2.05, 4.69) is 15.6 Å². The summed E-state index contributed by atoms with van der Waals surface area (Å²) >= 11 is 1.62. The Kier molecular flexibility index (Phi) is 4.71. The van der Waals surface area contributed by atoms with Gasteiger partial charge in [-0.05, 0) is 62.0 Å². The van der Waals surface area contributed by atoms with E-state index in [0.717, 1.165) is 48.6 Å². The minimum absolute atomic E-state index is 0. The average molecular weight is 350 g/mol. The lowest BCUT2D eigenvalue weighted by molar-refractivity contribution is -0.118. The Morgan fingerprint density at radius 1 is 1.26 bits per heavy atom. The molecular weight excluding hydrogens is 330 g/mol. The highest BCUT2D eigenvalue weighted by Gasteiger charge is 2.57. The molecule has 0 radical (unpaired) electrons. The number of piperidine rings is 1. The number of benzene rings is 1. The van der Waals surface area contributed by atoms with E-state index >= 15 is 0 Å². The predicted molar refractivity (Wildman–Crippen MR) is 96.1 cm³/mol. The summed E-state index contributed by atoms with van der Waals surface area (Å²) in [5.41, 5.74) is 2.26. The zero-order valence-corrected chi connectivity index (χ0v) is 14.4. The van der Waals surface area contributed by atoms with Crippen molar-refractivity contribution in [3.63, 3.8) is 0 Å². The highest BCUT2D eigenvalue weighted by molar-refractivity contribution is 7.13. The van der Waals surface area contributed by atoms with Crippen molar-refractivity contribution in [2.75, 3.05) is 18.4 Å². The molecule has 2 aliphatic rings. The molecule has 4 nitrogen and oxygen atoms in total. The summed E-state index contributed by atoms with van der Waals surface area (Å²) in [6.07, 6.45) is 5.13. The number of rotatable bonds is 3. The number of nitrogens with zero attached hydrogens (tertiary/aromatic N) is 1. The van der Waals surface area contributed by atoms with Crippen LogP contribution in [0.5, 0.6) is 0 Å². The summed E-state index contributed by atoms with van der Waals surface area (Å²) in [6.45, 7) is 2.10. The summed E-state index contributed by atoms with van der Waals surface area (Å²) in [5, 5.41) is 9.42. The molecule has 2 heterocycles. The lowest BCUT2D eigenvalue weighted by Crippen LogP contribution is -2.31. The number of anilines is 1. The van der Waals surface area contributed by atoms with E-state index in [1.54, 1.807) is 17.5 Å². The first kappa shape index (κ1) is 16.4. The maximum absolute atomic E-state index is 12.4. The first-order chi connectivity index (χ1) is 10.8.